The molecule has 0 saturated carbocycles. The Labute approximate surface area is 121 Å². The van der Waals surface area contributed by atoms with E-state index >= 15 is 0 Å². The van der Waals surface area contributed by atoms with Crippen molar-refractivity contribution in [3.8, 4) is 5.88 Å². The molecule has 0 aliphatic carbocycles. The summed E-state index contributed by atoms with van der Waals surface area (Å²) in [5.41, 5.74) is 6.36. The van der Waals surface area contributed by atoms with Crippen LogP contribution in [0.4, 0.5) is 5.69 Å². The van der Waals surface area contributed by atoms with E-state index in [1.165, 1.54) is 11.8 Å². The minimum atomic E-state index is 0.473. The molecule has 6 heteroatoms. The molecule has 2 rings (SSSR count). The van der Waals surface area contributed by atoms with Crippen LogP contribution in [0.1, 0.15) is 13.3 Å². The molecule has 0 aromatic carbocycles. The van der Waals surface area contributed by atoms with Gasteiger partial charge in [0.25, 0.3) is 0 Å². The van der Waals surface area contributed by atoms with Crippen molar-refractivity contribution in [2.24, 2.45) is 0 Å². The Bertz CT molecular complexity index is 548. The standard InChI is InChI=1S/C13H14ClN3OS/c1-2-7-18-13-10(15)4-6-12(17-13)19-11-5-3-9(14)8-16-11/h3-6,8H,2,7,15H2,1H3. The summed E-state index contributed by atoms with van der Waals surface area (Å²) in [7, 11) is 0. The number of nitrogens with zero attached hydrogens (tertiary/aromatic N) is 2. The van der Waals surface area contributed by atoms with Crippen LogP contribution < -0.4 is 10.5 Å². The molecule has 0 fully saturated rings. The second kappa shape index (κ2) is 6.63. The lowest BCUT2D eigenvalue weighted by molar-refractivity contribution is 0.305. The van der Waals surface area contributed by atoms with Gasteiger partial charge in [0, 0.05) is 6.20 Å². The van der Waals surface area contributed by atoms with Gasteiger partial charge in [0.2, 0.25) is 5.88 Å². The number of anilines is 1. The largest absolute Gasteiger partial charge is 0.476 e. The van der Waals surface area contributed by atoms with Crippen molar-refractivity contribution < 1.29 is 4.74 Å². The summed E-state index contributed by atoms with van der Waals surface area (Å²) < 4.78 is 5.49. The predicted octanol–water partition coefficient (Wildman–Crippen LogP) is 3.65. The van der Waals surface area contributed by atoms with Gasteiger partial charge >= 0.3 is 0 Å². The zero-order valence-corrected chi connectivity index (χ0v) is 12.0. The fourth-order valence-corrected chi connectivity index (χ4v) is 2.17. The number of ether oxygens (including phenoxy) is 1. The van der Waals surface area contributed by atoms with Gasteiger partial charge in [-0.25, -0.2) is 9.97 Å². The van der Waals surface area contributed by atoms with Crippen LogP contribution in [0.25, 0.3) is 0 Å². The monoisotopic (exact) mass is 295 g/mol. The smallest absolute Gasteiger partial charge is 0.238 e. The molecule has 0 aliphatic heterocycles. The van der Waals surface area contributed by atoms with E-state index in [-0.39, 0.29) is 0 Å². The molecule has 2 aromatic rings. The Hall–Kier alpha value is -1.46. The zero-order valence-electron chi connectivity index (χ0n) is 10.5. The third-order valence-electron chi connectivity index (χ3n) is 2.22. The maximum absolute atomic E-state index is 5.81. The Kier molecular flexibility index (Phi) is 4.87. The second-order valence-electron chi connectivity index (χ2n) is 3.81. The van der Waals surface area contributed by atoms with Gasteiger partial charge in [-0.3, -0.25) is 0 Å². The Morgan fingerprint density at radius 1 is 1.26 bits per heavy atom. The first kappa shape index (κ1) is 14.0. The molecule has 0 radical (unpaired) electrons. The normalized spacial score (nSPS) is 10.4. The minimum absolute atomic E-state index is 0.473. The number of aromatic nitrogens is 2. The van der Waals surface area contributed by atoms with Crippen molar-refractivity contribution in [2.75, 3.05) is 12.3 Å². The maximum atomic E-state index is 5.81. The molecular formula is C13H14ClN3OS. The number of nitrogen functional groups attached to an aromatic ring is 1. The third-order valence-corrected chi connectivity index (χ3v) is 3.33. The average molecular weight is 296 g/mol. The highest BCUT2D eigenvalue weighted by Gasteiger charge is 2.06. The van der Waals surface area contributed by atoms with E-state index in [2.05, 4.69) is 9.97 Å². The van der Waals surface area contributed by atoms with Gasteiger partial charge < -0.3 is 10.5 Å². The van der Waals surface area contributed by atoms with Gasteiger partial charge in [-0.15, -0.1) is 0 Å². The first-order valence-electron chi connectivity index (χ1n) is 5.87. The molecule has 0 spiro atoms. The lowest BCUT2D eigenvalue weighted by Crippen LogP contribution is -2.01. The molecule has 0 saturated heterocycles. The fraction of sp³-hybridized carbons (Fsp3) is 0.231. The zero-order chi connectivity index (χ0) is 13.7. The first-order chi connectivity index (χ1) is 9.19. The van der Waals surface area contributed by atoms with Gasteiger partial charge in [-0.2, -0.15) is 0 Å². The van der Waals surface area contributed by atoms with Gasteiger partial charge in [0.1, 0.15) is 10.1 Å². The van der Waals surface area contributed by atoms with Gasteiger partial charge in [0.05, 0.1) is 17.3 Å². The number of hydrogen-bond acceptors (Lipinski definition) is 5. The van der Waals surface area contributed by atoms with Crippen molar-refractivity contribution in [1.29, 1.82) is 0 Å². The summed E-state index contributed by atoms with van der Waals surface area (Å²) in [4.78, 5) is 8.58. The van der Waals surface area contributed by atoms with Gasteiger partial charge in [-0.1, -0.05) is 18.5 Å². The third kappa shape index (κ3) is 4.01. The van der Waals surface area contributed by atoms with Crippen molar-refractivity contribution in [2.45, 2.75) is 23.4 Å². The Balaban J connectivity index is 2.14. The number of halogens is 1. The number of rotatable bonds is 5. The summed E-state index contributed by atoms with van der Waals surface area (Å²) in [6, 6.07) is 7.27. The molecule has 100 valence electrons. The van der Waals surface area contributed by atoms with E-state index in [4.69, 9.17) is 22.1 Å². The highest BCUT2D eigenvalue weighted by molar-refractivity contribution is 7.99. The predicted molar refractivity (Wildman–Crippen MR) is 77.8 cm³/mol. The van der Waals surface area contributed by atoms with Crippen LogP contribution in [-0.4, -0.2) is 16.6 Å². The van der Waals surface area contributed by atoms with Crippen LogP contribution in [0.3, 0.4) is 0 Å². The molecule has 2 aromatic heterocycles. The van der Waals surface area contributed by atoms with Crippen molar-refractivity contribution in [1.82, 2.24) is 9.97 Å². The summed E-state index contributed by atoms with van der Waals surface area (Å²) in [5.74, 6) is 0.473. The molecule has 0 amide bonds. The maximum Gasteiger partial charge on any atom is 0.238 e. The molecule has 19 heavy (non-hydrogen) atoms. The van der Waals surface area contributed by atoms with Gasteiger partial charge in [0.15, 0.2) is 0 Å². The summed E-state index contributed by atoms with van der Waals surface area (Å²) in [6.45, 7) is 2.64. The van der Waals surface area contributed by atoms with Crippen molar-refractivity contribution in [3.63, 3.8) is 0 Å². The molecule has 4 nitrogen and oxygen atoms in total. The topological polar surface area (TPSA) is 61.0 Å². The highest BCUT2D eigenvalue weighted by Crippen LogP contribution is 2.29. The van der Waals surface area contributed by atoms with E-state index in [0.717, 1.165) is 16.5 Å². The van der Waals surface area contributed by atoms with Crippen LogP contribution in [0.2, 0.25) is 5.02 Å². The van der Waals surface area contributed by atoms with E-state index in [1.807, 2.05) is 19.1 Å². The van der Waals surface area contributed by atoms with E-state index in [1.54, 1.807) is 18.3 Å². The Morgan fingerprint density at radius 3 is 2.74 bits per heavy atom. The van der Waals surface area contributed by atoms with Crippen molar-refractivity contribution >= 4 is 29.1 Å². The van der Waals surface area contributed by atoms with Crippen LogP contribution >= 0.6 is 23.4 Å². The molecular weight excluding hydrogens is 282 g/mol. The number of nitrogens with two attached hydrogens (primary N) is 1. The molecule has 0 unspecified atom stereocenters. The SMILES string of the molecule is CCCOc1nc(Sc2ccc(Cl)cn2)ccc1N. The Morgan fingerprint density at radius 2 is 2.05 bits per heavy atom. The fourth-order valence-electron chi connectivity index (χ4n) is 1.34. The highest BCUT2D eigenvalue weighted by atomic mass is 35.5. The summed E-state index contributed by atoms with van der Waals surface area (Å²) in [6.07, 6.45) is 2.52. The van der Waals surface area contributed by atoms with Crippen LogP contribution in [0.15, 0.2) is 40.5 Å². The van der Waals surface area contributed by atoms with Crippen molar-refractivity contribution in [3.05, 3.63) is 35.5 Å². The van der Waals surface area contributed by atoms with E-state index < -0.39 is 0 Å². The average Bonchev–Trinajstić information content (AvgIpc) is 2.42. The van der Waals surface area contributed by atoms with Crippen LogP contribution in [-0.2, 0) is 0 Å². The van der Waals surface area contributed by atoms with Gasteiger partial charge in [-0.05, 0) is 42.4 Å². The van der Waals surface area contributed by atoms with Crippen LogP contribution in [0.5, 0.6) is 5.88 Å². The molecule has 0 bridgehead atoms. The number of hydrogen-bond donors (Lipinski definition) is 1. The summed E-state index contributed by atoms with van der Waals surface area (Å²) >= 11 is 7.23. The van der Waals surface area contributed by atoms with Crippen LogP contribution in [0, 0.1) is 0 Å². The van der Waals surface area contributed by atoms with E-state index in [0.29, 0.717) is 23.2 Å². The molecule has 2 N–H and O–H groups in total. The minimum Gasteiger partial charge on any atom is -0.476 e. The quantitative estimate of drug-likeness (QED) is 0.912. The number of pyridine rings is 2. The lowest BCUT2D eigenvalue weighted by atomic mass is 10.4. The molecule has 0 atom stereocenters. The second-order valence-corrected chi connectivity index (χ2v) is 5.29. The lowest BCUT2D eigenvalue weighted by Gasteiger charge is -2.08. The first-order valence-corrected chi connectivity index (χ1v) is 7.07. The molecule has 2 heterocycles. The summed E-state index contributed by atoms with van der Waals surface area (Å²) in [5, 5.41) is 2.22. The molecule has 0 aliphatic rings. The van der Waals surface area contributed by atoms with E-state index in [9.17, 15) is 0 Å².